The van der Waals surface area contributed by atoms with E-state index in [0.717, 1.165) is 16.5 Å². The van der Waals surface area contributed by atoms with Crippen LogP contribution in [-0.2, 0) is 11.3 Å². The first-order valence-electron chi connectivity index (χ1n) is 12.7. The maximum absolute atomic E-state index is 13.2. The second kappa shape index (κ2) is 9.79. The highest BCUT2D eigenvalue weighted by atomic mass is 16.7. The Morgan fingerprint density at radius 3 is 2.90 bits per heavy atom. The van der Waals surface area contributed by atoms with Gasteiger partial charge in [-0.15, -0.1) is 0 Å². The van der Waals surface area contributed by atoms with Gasteiger partial charge < -0.3 is 40.0 Å². The molecule has 4 atom stereocenters. The number of amides is 1. The Morgan fingerprint density at radius 1 is 1.10 bits per heavy atom. The average Bonchev–Trinajstić information content (AvgIpc) is 3.77. The van der Waals surface area contributed by atoms with E-state index in [-0.39, 0.29) is 12.7 Å². The van der Waals surface area contributed by atoms with Gasteiger partial charge >= 0.3 is 0 Å². The summed E-state index contributed by atoms with van der Waals surface area (Å²) in [7, 11) is 0. The van der Waals surface area contributed by atoms with Crippen molar-refractivity contribution in [3.63, 3.8) is 0 Å². The highest BCUT2D eigenvalue weighted by Crippen LogP contribution is 2.34. The van der Waals surface area contributed by atoms with E-state index >= 15 is 0 Å². The molecule has 0 unspecified atom stereocenters. The number of aromatic amines is 1. The predicted octanol–water partition coefficient (Wildman–Crippen LogP) is 1.70. The highest BCUT2D eigenvalue weighted by Gasteiger charge is 2.46. The molecule has 0 saturated carbocycles. The average molecular weight is 544 g/mol. The number of aliphatic hydroxyl groups excluding tert-OH is 2. The number of aliphatic hydroxyl groups is 2. The van der Waals surface area contributed by atoms with E-state index in [2.05, 4.69) is 30.6 Å². The molecular formula is C27H25N7O6. The van der Waals surface area contributed by atoms with Gasteiger partial charge in [0, 0.05) is 29.2 Å². The predicted molar refractivity (Wildman–Crippen MR) is 142 cm³/mol. The fourth-order valence-corrected chi connectivity index (χ4v) is 5.12. The van der Waals surface area contributed by atoms with Crippen molar-refractivity contribution >= 4 is 33.8 Å². The number of H-pyrrole nitrogens is 1. The van der Waals surface area contributed by atoms with Crippen LogP contribution in [0.2, 0.25) is 0 Å². The maximum Gasteiger partial charge on any atom is 0.251 e. The Kier molecular flexibility index (Phi) is 5.95. The number of hydrogen-bond donors (Lipinski definition) is 5. The van der Waals surface area contributed by atoms with Crippen molar-refractivity contribution in [3.8, 4) is 11.5 Å². The van der Waals surface area contributed by atoms with Gasteiger partial charge in [0.2, 0.25) is 6.79 Å². The van der Waals surface area contributed by atoms with Crippen LogP contribution in [0.5, 0.6) is 11.5 Å². The summed E-state index contributed by atoms with van der Waals surface area (Å²) in [4.78, 5) is 29.5. The molecule has 5 heterocycles. The Labute approximate surface area is 226 Å². The molecule has 0 spiro atoms. The SMILES string of the molecule is O=C(N[C@@H]1[C@H](O)[C@@H](CO)O[C@H]1n1cnc2c(NCc3ccc4c(c3)OCO4)ncnc21)c1ccc2[nH]ccc2c1. The Bertz CT molecular complexity index is 1720. The zero-order chi connectivity index (χ0) is 27.2. The smallest absolute Gasteiger partial charge is 0.251 e. The standard InChI is InChI=1S/C27H25N7O6/c35-10-20-23(36)21(33-26(37)16-2-3-17-15(8-16)5-6-28-17)27(40-20)34-12-32-22-24(30-11-31-25(22)34)29-9-14-1-4-18-19(7-14)39-13-38-18/h1-8,11-12,20-21,23,27-28,35-36H,9-10,13H2,(H,33,37)(H,29,30,31)/t20-,21-,23-,27-/m1/s1. The van der Waals surface area contributed by atoms with E-state index in [9.17, 15) is 15.0 Å². The third kappa shape index (κ3) is 4.16. The number of imidazole rings is 1. The van der Waals surface area contributed by atoms with Gasteiger partial charge in [-0.05, 0) is 42.0 Å². The Hall–Kier alpha value is -4.72. The normalized spacial score (nSPS) is 21.8. The molecule has 13 heteroatoms. The number of rotatable bonds is 7. The van der Waals surface area contributed by atoms with E-state index < -0.39 is 31.1 Å². The molecule has 2 aromatic carbocycles. The summed E-state index contributed by atoms with van der Waals surface area (Å²) in [6.07, 6.45) is 1.76. The molecule has 204 valence electrons. The van der Waals surface area contributed by atoms with Crippen molar-refractivity contribution < 1.29 is 29.2 Å². The Morgan fingerprint density at radius 2 is 2.00 bits per heavy atom. The summed E-state index contributed by atoms with van der Waals surface area (Å²) < 4.78 is 18.4. The largest absolute Gasteiger partial charge is 0.454 e. The van der Waals surface area contributed by atoms with Crippen LogP contribution in [0, 0.1) is 0 Å². The fourth-order valence-electron chi connectivity index (χ4n) is 5.12. The molecule has 2 aliphatic rings. The summed E-state index contributed by atoms with van der Waals surface area (Å²) >= 11 is 0. The van der Waals surface area contributed by atoms with Gasteiger partial charge in [0.25, 0.3) is 5.91 Å². The number of aromatic nitrogens is 5. The van der Waals surface area contributed by atoms with E-state index in [1.807, 2.05) is 30.3 Å². The van der Waals surface area contributed by atoms with Gasteiger partial charge in [-0.3, -0.25) is 9.36 Å². The number of nitrogens with one attached hydrogen (secondary N) is 3. The number of ether oxygens (including phenoxy) is 3. The summed E-state index contributed by atoms with van der Waals surface area (Å²) in [5.41, 5.74) is 3.22. The maximum atomic E-state index is 13.2. The molecule has 2 aliphatic heterocycles. The first-order chi connectivity index (χ1) is 19.6. The third-order valence-electron chi connectivity index (χ3n) is 7.19. The number of carbonyl (C=O) groups is 1. The van der Waals surface area contributed by atoms with Crippen LogP contribution in [0.15, 0.2) is 61.3 Å². The first-order valence-corrected chi connectivity index (χ1v) is 12.7. The molecule has 1 saturated heterocycles. The molecular weight excluding hydrogens is 518 g/mol. The lowest BCUT2D eigenvalue weighted by atomic mass is 10.1. The second-order valence-corrected chi connectivity index (χ2v) is 9.60. The number of carbonyl (C=O) groups excluding carboxylic acids is 1. The van der Waals surface area contributed by atoms with Crippen LogP contribution in [0.3, 0.4) is 0 Å². The van der Waals surface area contributed by atoms with E-state index in [1.165, 1.54) is 12.7 Å². The van der Waals surface area contributed by atoms with Gasteiger partial charge in [-0.2, -0.15) is 0 Å². The molecule has 0 radical (unpaired) electrons. The third-order valence-corrected chi connectivity index (χ3v) is 7.19. The number of anilines is 1. The number of benzene rings is 2. The van der Waals surface area contributed by atoms with Crippen molar-refractivity contribution in [1.29, 1.82) is 0 Å². The summed E-state index contributed by atoms with van der Waals surface area (Å²) in [6, 6.07) is 12.0. The molecule has 0 bridgehead atoms. The first kappa shape index (κ1) is 24.3. The van der Waals surface area contributed by atoms with Crippen molar-refractivity contribution in [2.75, 3.05) is 18.7 Å². The molecule has 0 aliphatic carbocycles. The van der Waals surface area contributed by atoms with Crippen LogP contribution in [-0.4, -0.2) is 72.3 Å². The molecule has 1 amide bonds. The van der Waals surface area contributed by atoms with E-state index in [0.29, 0.717) is 40.6 Å². The van der Waals surface area contributed by atoms with Crippen molar-refractivity contribution in [3.05, 3.63) is 72.4 Å². The summed E-state index contributed by atoms with van der Waals surface area (Å²) in [5, 5.41) is 27.8. The van der Waals surface area contributed by atoms with Crippen molar-refractivity contribution in [2.24, 2.45) is 0 Å². The monoisotopic (exact) mass is 543 g/mol. The number of nitrogens with zero attached hydrogens (tertiary/aromatic N) is 4. The van der Waals surface area contributed by atoms with Gasteiger partial charge in [0.15, 0.2) is 34.7 Å². The number of fused-ring (bicyclic) bond motifs is 3. The molecule has 5 N–H and O–H groups in total. The molecule has 40 heavy (non-hydrogen) atoms. The quantitative estimate of drug-likeness (QED) is 0.204. The van der Waals surface area contributed by atoms with E-state index in [1.54, 1.807) is 22.9 Å². The lowest BCUT2D eigenvalue weighted by Gasteiger charge is -2.23. The molecule has 5 aromatic rings. The second-order valence-electron chi connectivity index (χ2n) is 9.60. The lowest BCUT2D eigenvalue weighted by Crippen LogP contribution is -2.46. The van der Waals surface area contributed by atoms with Crippen molar-refractivity contribution in [1.82, 2.24) is 29.8 Å². The van der Waals surface area contributed by atoms with Gasteiger partial charge in [-0.25, -0.2) is 15.0 Å². The van der Waals surface area contributed by atoms with Crippen LogP contribution in [0.4, 0.5) is 5.82 Å². The topological polar surface area (TPSA) is 169 Å². The molecule has 7 rings (SSSR count). The van der Waals surface area contributed by atoms with Crippen LogP contribution < -0.4 is 20.1 Å². The van der Waals surface area contributed by atoms with Crippen LogP contribution in [0.1, 0.15) is 22.1 Å². The van der Waals surface area contributed by atoms with Gasteiger partial charge in [-0.1, -0.05) is 6.07 Å². The van der Waals surface area contributed by atoms with Crippen LogP contribution in [0.25, 0.3) is 22.1 Å². The Balaban J connectivity index is 1.15. The zero-order valence-corrected chi connectivity index (χ0v) is 21.0. The van der Waals surface area contributed by atoms with Gasteiger partial charge in [0.05, 0.1) is 12.9 Å². The minimum atomic E-state index is -1.17. The fraction of sp³-hybridized carbons (Fsp3) is 0.259. The summed E-state index contributed by atoms with van der Waals surface area (Å²) in [5.74, 6) is 1.51. The minimum absolute atomic E-state index is 0.203. The molecule has 13 nitrogen and oxygen atoms in total. The molecule has 1 fully saturated rings. The van der Waals surface area contributed by atoms with Crippen molar-refractivity contribution in [2.45, 2.75) is 31.0 Å². The van der Waals surface area contributed by atoms with E-state index in [4.69, 9.17) is 14.2 Å². The lowest BCUT2D eigenvalue weighted by molar-refractivity contribution is -0.0440. The summed E-state index contributed by atoms with van der Waals surface area (Å²) in [6.45, 7) is 0.225. The highest BCUT2D eigenvalue weighted by molar-refractivity contribution is 5.98. The minimum Gasteiger partial charge on any atom is -0.454 e. The zero-order valence-electron chi connectivity index (χ0n) is 21.0. The molecule has 3 aromatic heterocycles. The van der Waals surface area contributed by atoms with Crippen LogP contribution >= 0.6 is 0 Å². The number of hydrogen-bond acceptors (Lipinski definition) is 10. The van der Waals surface area contributed by atoms with Gasteiger partial charge in [0.1, 0.15) is 24.6 Å².